The van der Waals surface area contributed by atoms with E-state index in [4.69, 9.17) is 14.7 Å². The second kappa shape index (κ2) is 9.21. The minimum absolute atomic E-state index is 0.807. The molecule has 2 saturated heterocycles. The number of aryl methyl sites for hydroxylation is 2. The Morgan fingerprint density at radius 2 is 1.75 bits per heavy atom. The number of fused-ring (bicyclic) bond motifs is 3. The number of morpholine rings is 1. The first-order chi connectivity index (χ1) is 15.8. The summed E-state index contributed by atoms with van der Waals surface area (Å²) in [6, 6.07) is 0. The molecule has 2 aliphatic heterocycles. The maximum atomic E-state index is 5.54. The van der Waals surface area contributed by atoms with Gasteiger partial charge < -0.3 is 14.5 Å². The number of aromatic nitrogens is 3. The maximum absolute atomic E-state index is 5.54. The number of anilines is 2. The molecule has 3 aromatic heterocycles. The topological polar surface area (TPSA) is 57.6 Å². The van der Waals surface area contributed by atoms with Gasteiger partial charge in [-0.05, 0) is 37.7 Å². The Balaban J connectivity index is 1.34. The van der Waals surface area contributed by atoms with Crippen molar-refractivity contribution in [2.75, 3.05) is 62.3 Å². The van der Waals surface area contributed by atoms with Gasteiger partial charge in [0, 0.05) is 55.7 Å². The molecule has 32 heavy (non-hydrogen) atoms. The van der Waals surface area contributed by atoms with Gasteiger partial charge in [-0.3, -0.25) is 4.90 Å². The molecule has 0 bridgehead atoms. The lowest BCUT2D eigenvalue weighted by Gasteiger charge is -2.27. The van der Waals surface area contributed by atoms with Crippen LogP contribution in [0.2, 0.25) is 0 Å². The monoisotopic (exact) mass is 470 g/mol. The minimum Gasteiger partial charge on any atom is -0.379 e. The summed E-state index contributed by atoms with van der Waals surface area (Å²) in [7, 11) is 0. The molecule has 170 valence electrons. The van der Waals surface area contributed by atoms with Crippen molar-refractivity contribution in [2.24, 2.45) is 0 Å². The average Bonchev–Trinajstić information content (AvgIpc) is 3.41. The summed E-state index contributed by atoms with van der Waals surface area (Å²) in [6.45, 7) is 8.41. The van der Waals surface area contributed by atoms with Gasteiger partial charge in [0.15, 0.2) is 5.13 Å². The van der Waals surface area contributed by atoms with E-state index in [9.17, 15) is 0 Å². The molecule has 5 heterocycles. The van der Waals surface area contributed by atoms with Crippen molar-refractivity contribution in [2.45, 2.75) is 38.6 Å². The molecule has 0 aromatic carbocycles. The maximum Gasteiger partial charge on any atom is 0.185 e. The molecule has 0 amide bonds. The molecule has 0 radical (unpaired) electrons. The Morgan fingerprint density at radius 1 is 0.906 bits per heavy atom. The van der Waals surface area contributed by atoms with E-state index < -0.39 is 0 Å². The molecule has 1 aliphatic carbocycles. The molecule has 0 N–H and O–H groups in total. The van der Waals surface area contributed by atoms with Gasteiger partial charge in [-0.25, -0.2) is 15.0 Å². The van der Waals surface area contributed by atoms with Crippen LogP contribution in [0.15, 0.2) is 11.6 Å². The Hall–Kier alpha value is -1.81. The second-order valence-electron chi connectivity index (χ2n) is 8.89. The van der Waals surface area contributed by atoms with Crippen LogP contribution in [-0.4, -0.2) is 72.3 Å². The molecule has 7 nitrogen and oxygen atoms in total. The van der Waals surface area contributed by atoms with Gasteiger partial charge in [0.05, 0.1) is 25.1 Å². The van der Waals surface area contributed by atoms with Gasteiger partial charge in [-0.2, -0.15) is 0 Å². The van der Waals surface area contributed by atoms with Crippen molar-refractivity contribution >= 4 is 43.8 Å². The quantitative estimate of drug-likeness (QED) is 0.578. The van der Waals surface area contributed by atoms with Crippen molar-refractivity contribution in [3.63, 3.8) is 0 Å². The van der Waals surface area contributed by atoms with Crippen LogP contribution in [0.5, 0.6) is 0 Å². The number of nitrogens with zero attached hydrogens (tertiary/aromatic N) is 6. The van der Waals surface area contributed by atoms with Gasteiger partial charge >= 0.3 is 0 Å². The highest BCUT2D eigenvalue weighted by Crippen LogP contribution is 2.40. The summed E-state index contributed by atoms with van der Waals surface area (Å²) < 4.78 is 5.54. The first-order valence-corrected chi connectivity index (χ1v) is 13.6. The van der Waals surface area contributed by atoms with E-state index in [1.165, 1.54) is 47.3 Å². The number of hydrogen-bond donors (Lipinski definition) is 0. The number of thiophene rings is 1. The Kier molecular flexibility index (Phi) is 5.98. The van der Waals surface area contributed by atoms with Crippen LogP contribution in [0.1, 0.15) is 35.5 Å². The third-order valence-corrected chi connectivity index (χ3v) is 8.81. The normalized spacial score (nSPS) is 20.5. The molecule has 0 spiro atoms. The number of thiazole rings is 1. The van der Waals surface area contributed by atoms with Crippen LogP contribution in [0.4, 0.5) is 10.9 Å². The SMILES string of the molecule is c1csc(N2CCCN(c3nc(CN4CCOCC4)nc4sc5c(c34)CCCC5)CC2)n1. The molecular weight excluding hydrogens is 440 g/mol. The largest absolute Gasteiger partial charge is 0.379 e. The Labute approximate surface area is 197 Å². The zero-order valence-corrected chi connectivity index (χ0v) is 20.1. The van der Waals surface area contributed by atoms with E-state index in [0.717, 1.165) is 76.4 Å². The average molecular weight is 471 g/mol. The van der Waals surface area contributed by atoms with Crippen LogP contribution in [0.3, 0.4) is 0 Å². The third-order valence-electron chi connectivity index (χ3n) is 6.80. The molecule has 0 atom stereocenters. The van der Waals surface area contributed by atoms with Crippen molar-refractivity contribution in [1.82, 2.24) is 19.9 Å². The highest BCUT2D eigenvalue weighted by atomic mass is 32.1. The predicted molar refractivity (Wildman–Crippen MR) is 131 cm³/mol. The van der Waals surface area contributed by atoms with Crippen LogP contribution < -0.4 is 9.80 Å². The highest BCUT2D eigenvalue weighted by Gasteiger charge is 2.26. The first-order valence-electron chi connectivity index (χ1n) is 11.9. The molecule has 6 rings (SSSR count). The van der Waals surface area contributed by atoms with Crippen molar-refractivity contribution in [1.29, 1.82) is 0 Å². The van der Waals surface area contributed by atoms with Crippen molar-refractivity contribution < 1.29 is 4.74 Å². The van der Waals surface area contributed by atoms with E-state index in [-0.39, 0.29) is 0 Å². The second-order valence-corrected chi connectivity index (χ2v) is 10.8. The summed E-state index contributed by atoms with van der Waals surface area (Å²) in [6.07, 6.45) is 7.99. The molecule has 0 unspecified atom stereocenters. The molecule has 2 fully saturated rings. The van der Waals surface area contributed by atoms with Gasteiger partial charge in [-0.15, -0.1) is 22.7 Å². The van der Waals surface area contributed by atoms with Crippen LogP contribution in [-0.2, 0) is 24.1 Å². The smallest absolute Gasteiger partial charge is 0.185 e. The van der Waals surface area contributed by atoms with E-state index in [1.54, 1.807) is 16.2 Å². The summed E-state index contributed by atoms with van der Waals surface area (Å²) >= 11 is 3.65. The summed E-state index contributed by atoms with van der Waals surface area (Å²) in [5.74, 6) is 2.15. The lowest BCUT2D eigenvalue weighted by Crippen LogP contribution is -2.36. The molecular formula is C23H30N6OS2. The van der Waals surface area contributed by atoms with Crippen molar-refractivity contribution in [3.8, 4) is 0 Å². The van der Waals surface area contributed by atoms with E-state index in [0.29, 0.717) is 0 Å². The third kappa shape index (κ3) is 4.11. The van der Waals surface area contributed by atoms with Gasteiger partial charge in [-0.1, -0.05) is 0 Å². The molecule has 3 aromatic rings. The van der Waals surface area contributed by atoms with Crippen LogP contribution in [0, 0.1) is 0 Å². The molecule has 3 aliphatic rings. The summed E-state index contributed by atoms with van der Waals surface area (Å²) in [5.41, 5.74) is 1.53. The summed E-state index contributed by atoms with van der Waals surface area (Å²) in [5, 5.41) is 4.56. The summed E-state index contributed by atoms with van der Waals surface area (Å²) in [4.78, 5) is 25.0. The predicted octanol–water partition coefficient (Wildman–Crippen LogP) is 3.58. The fourth-order valence-corrected chi connectivity index (χ4v) is 7.10. The molecule has 9 heteroatoms. The fourth-order valence-electron chi connectivity index (χ4n) is 5.13. The zero-order chi connectivity index (χ0) is 21.3. The number of hydrogen-bond acceptors (Lipinski definition) is 9. The zero-order valence-electron chi connectivity index (χ0n) is 18.5. The van der Waals surface area contributed by atoms with Crippen LogP contribution in [0.25, 0.3) is 10.2 Å². The first kappa shape index (κ1) is 20.8. The van der Waals surface area contributed by atoms with Crippen molar-refractivity contribution in [3.05, 3.63) is 27.8 Å². The lowest BCUT2D eigenvalue weighted by atomic mass is 9.97. The Morgan fingerprint density at radius 3 is 2.62 bits per heavy atom. The minimum atomic E-state index is 0.807. The lowest BCUT2D eigenvalue weighted by molar-refractivity contribution is 0.0331. The van der Waals surface area contributed by atoms with E-state index in [2.05, 4.69) is 25.1 Å². The standard InChI is InChI=1S/C23H30N6OS2/c1-2-5-18-17(4-1)20-21(28-7-3-8-29(10-9-28)23-24-6-15-31-23)25-19(26-22(20)32-18)16-27-11-13-30-14-12-27/h6,15H,1-5,7-14,16H2. The van der Waals surface area contributed by atoms with Gasteiger partial charge in [0.25, 0.3) is 0 Å². The van der Waals surface area contributed by atoms with E-state index >= 15 is 0 Å². The fraction of sp³-hybridized carbons (Fsp3) is 0.609. The number of ether oxygens (including phenoxy) is 1. The van der Waals surface area contributed by atoms with E-state index in [1.807, 2.05) is 17.5 Å². The Bertz CT molecular complexity index is 1060. The molecule has 0 saturated carbocycles. The highest BCUT2D eigenvalue weighted by molar-refractivity contribution is 7.19. The van der Waals surface area contributed by atoms with Gasteiger partial charge in [0.2, 0.25) is 0 Å². The van der Waals surface area contributed by atoms with Crippen LogP contribution >= 0.6 is 22.7 Å². The number of rotatable bonds is 4. The van der Waals surface area contributed by atoms with Gasteiger partial charge in [0.1, 0.15) is 16.5 Å².